The van der Waals surface area contributed by atoms with Gasteiger partial charge in [-0.3, -0.25) is 0 Å². The Morgan fingerprint density at radius 1 is 1.16 bits per heavy atom. The van der Waals surface area contributed by atoms with Crippen molar-refractivity contribution in [3.63, 3.8) is 0 Å². The van der Waals surface area contributed by atoms with Crippen LogP contribution in [0.15, 0.2) is 24.3 Å². The Labute approximate surface area is 117 Å². The molecule has 0 saturated heterocycles. The fourth-order valence-corrected chi connectivity index (χ4v) is 4.66. The molecule has 1 nitrogen and oxygen atoms in total. The summed E-state index contributed by atoms with van der Waals surface area (Å²) in [5.41, 5.74) is 2.74. The van der Waals surface area contributed by atoms with Crippen molar-refractivity contribution < 1.29 is 5.11 Å². The van der Waals surface area contributed by atoms with Gasteiger partial charge in [0.1, 0.15) is 0 Å². The van der Waals surface area contributed by atoms with E-state index in [9.17, 15) is 5.11 Å². The molecule has 0 aliphatic heterocycles. The topological polar surface area (TPSA) is 20.2 Å². The molecule has 0 spiro atoms. The molecule has 0 radical (unpaired) electrons. The lowest BCUT2D eigenvalue weighted by Gasteiger charge is -2.42. The molecule has 104 valence electrons. The smallest absolute Gasteiger partial charge is 0.0854 e. The van der Waals surface area contributed by atoms with Gasteiger partial charge in [0.25, 0.3) is 0 Å². The molecule has 1 saturated carbocycles. The van der Waals surface area contributed by atoms with Gasteiger partial charge < -0.3 is 5.11 Å². The third-order valence-electron chi connectivity index (χ3n) is 5.55. The summed E-state index contributed by atoms with van der Waals surface area (Å²) in [6.07, 6.45) is 9.99. The molecule has 3 rings (SSSR count). The van der Waals surface area contributed by atoms with E-state index in [0.29, 0.717) is 0 Å². The number of aliphatic hydroxyl groups is 1. The van der Waals surface area contributed by atoms with E-state index in [1.54, 1.807) is 0 Å². The van der Waals surface area contributed by atoms with E-state index in [2.05, 4.69) is 31.2 Å². The normalized spacial score (nSPS) is 31.4. The van der Waals surface area contributed by atoms with Crippen LogP contribution in [0.25, 0.3) is 0 Å². The summed E-state index contributed by atoms with van der Waals surface area (Å²) in [6, 6.07) is 8.55. The third-order valence-corrected chi connectivity index (χ3v) is 5.55. The van der Waals surface area contributed by atoms with Crippen LogP contribution in [0.1, 0.15) is 69.1 Å². The minimum Gasteiger partial charge on any atom is -0.388 e. The molecular weight excluding hydrogens is 232 g/mol. The van der Waals surface area contributed by atoms with E-state index < -0.39 is 0 Å². The first-order valence-electron chi connectivity index (χ1n) is 8.04. The highest BCUT2D eigenvalue weighted by Gasteiger charge is 2.49. The van der Waals surface area contributed by atoms with Gasteiger partial charge in [-0.25, -0.2) is 0 Å². The number of aliphatic hydroxyl groups excluding tert-OH is 1. The Morgan fingerprint density at radius 2 is 1.89 bits per heavy atom. The predicted molar refractivity (Wildman–Crippen MR) is 79.0 cm³/mol. The van der Waals surface area contributed by atoms with Gasteiger partial charge in [-0.15, -0.1) is 0 Å². The van der Waals surface area contributed by atoms with Gasteiger partial charge in [-0.2, -0.15) is 0 Å². The number of hydrogen-bond acceptors (Lipinski definition) is 1. The van der Waals surface area contributed by atoms with Crippen molar-refractivity contribution in [2.45, 2.75) is 64.4 Å². The van der Waals surface area contributed by atoms with Crippen LogP contribution in [0.5, 0.6) is 0 Å². The second-order valence-corrected chi connectivity index (χ2v) is 6.60. The van der Waals surface area contributed by atoms with Crippen molar-refractivity contribution >= 4 is 0 Å². The van der Waals surface area contributed by atoms with Crippen LogP contribution in [0.2, 0.25) is 0 Å². The van der Waals surface area contributed by atoms with Crippen LogP contribution in [0.3, 0.4) is 0 Å². The van der Waals surface area contributed by atoms with Crippen LogP contribution in [-0.4, -0.2) is 5.11 Å². The first-order chi connectivity index (χ1) is 9.28. The molecule has 1 aromatic rings. The summed E-state index contributed by atoms with van der Waals surface area (Å²) >= 11 is 0. The fourth-order valence-electron chi connectivity index (χ4n) is 4.66. The Balaban J connectivity index is 1.94. The van der Waals surface area contributed by atoms with Crippen molar-refractivity contribution in [3.05, 3.63) is 35.4 Å². The van der Waals surface area contributed by atoms with Gasteiger partial charge >= 0.3 is 0 Å². The van der Waals surface area contributed by atoms with E-state index in [-0.39, 0.29) is 11.5 Å². The van der Waals surface area contributed by atoms with Crippen LogP contribution in [0, 0.1) is 11.3 Å². The number of hydrogen-bond donors (Lipinski definition) is 1. The molecule has 19 heavy (non-hydrogen) atoms. The monoisotopic (exact) mass is 258 g/mol. The zero-order valence-electron chi connectivity index (χ0n) is 12.1. The zero-order valence-corrected chi connectivity index (χ0v) is 12.1. The van der Waals surface area contributed by atoms with E-state index in [1.165, 1.54) is 56.1 Å². The molecule has 1 aromatic carbocycles. The lowest BCUT2D eigenvalue weighted by Crippen LogP contribution is -2.36. The molecule has 2 aliphatic rings. The van der Waals surface area contributed by atoms with Gasteiger partial charge in [0.15, 0.2) is 0 Å². The minimum absolute atomic E-state index is 0.138. The van der Waals surface area contributed by atoms with Gasteiger partial charge in [0.2, 0.25) is 0 Å². The average molecular weight is 258 g/mol. The van der Waals surface area contributed by atoms with E-state index in [4.69, 9.17) is 0 Å². The second kappa shape index (κ2) is 5.28. The van der Waals surface area contributed by atoms with Crippen LogP contribution in [-0.2, 0) is 6.42 Å². The molecule has 1 N–H and O–H groups in total. The summed E-state index contributed by atoms with van der Waals surface area (Å²) in [7, 11) is 0. The quantitative estimate of drug-likeness (QED) is 0.837. The lowest BCUT2D eigenvalue weighted by molar-refractivity contribution is -0.0290. The molecule has 2 unspecified atom stereocenters. The Kier molecular flexibility index (Phi) is 3.66. The second-order valence-electron chi connectivity index (χ2n) is 6.60. The van der Waals surface area contributed by atoms with Crippen LogP contribution < -0.4 is 0 Å². The molecule has 0 heterocycles. The molecule has 2 atom stereocenters. The van der Waals surface area contributed by atoms with Crippen molar-refractivity contribution in [1.29, 1.82) is 0 Å². The third kappa shape index (κ3) is 2.12. The van der Waals surface area contributed by atoms with Gasteiger partial charge in [0.05, 0.1) is 6.10 Å². The van der Waals surface area contributed by atoms with E-state index in [1.807, 2.05) is 0 Å². The van der Waals surface area contributed by atoms with Crippen LogP contribution in [0.4, 0.5) is 0 Å². The van der Waals surface area contributed by atoms with Gasteiger partial charge in [-0.1, -0.05) is 56.9 Å². The fraction of sp³-hybridized carbons (Fsp3) is 0.667. The average Bonchev–Trinajstić information content (AvgIpc) is 2.75. The van der Waals surface area contributed by atoms with Crippen molar-refractivity contribution in [2.75, 3.05) is 0 Å². The first-order valence-corrected chi connectivity index (χ1v) is 8.04. The Hall–Kier alpha value is -0.820. The zero-order chi connectivity index (χ0) is 13.3. The summed E-state index contributed by atoms with van der Waals surface area (Å²) in [4.78, 5) is 0. The SMILES string of the molecule is CCCC1(C2CCCCC2)Cc2ccccc2C1O. The Morgan fingerprint density at radius 3 is 2.58 bits per heavy atom. The molecule has 0 aromatic heterocycles. The minimum atomic E-state index is -0.230. The molecule has 1 fully saturated rings. The maximum atomic E-state index is 11.0. The summed E-state index contributed by atoms with van der Waals surface area (Å²) in [5.74, 6) is 0.726. The lowest BCUT2D eigenvalue weighted by atomic mass is 9.63. The van der Waals surface area contributed by atoms with Crippen molar-refractivity contribution in [3.8, 4) is 0 Å². The maximum absolute atomic E-state index is 11.0. The first kappa shape index (κ1) is 13.2. The summed E-state index contributed by atoms with van der Waals surface area (Å²) in [6.45, 7) is 2.26. The van der Waals surface area contributed by atoms with Gasteiger partial charge in [-0.05, 0) is 42.7 Å². The van der Waals surface area contributed by atoms with E-state index in [0.717, 1.165) is 12.3 Å². The molecule has 0 amide bonds. The standard InChI is InChI=1S/C18H26O/c1-2-12-18(15-9-4-3-5-10-15)13-14-8-6-7-11-16(14)17(18)19/h6-8,11,15,17,19H,2-5,9-10,12-13H2,1H3. The maximum Gasteiger partial charge on any atom is 0.0854 e. The van der Waals surface area contributed by atoms with Gasteiger partial charge in [0, 0.05) is 5.41 Å². The van der Waals surface area contributed by atoms with Crippen LogP contribution >= 0.6 is 0 Å². The highest BCUT2D eigenvalue weighted by molar-refractivity contribution is 5.37. The highest BCUT2D eigenvalue weighted by atomic mass is 16.3. The van der Waals surface area contributed by atoms with Crippen molar-refractivity contribution in [1.82, 2.24) is 0 Å². The van der Waals surface area contributed by atoms with Crippen molar-refractivity contribution in [2.24, 2.45) is 11.3 Å². The number of fused-ring (bicyclic) bond motifs is 1. The number of rotatable bonds is 3. The summed E-state index contributed by atoms with van der Waals surface area (Å²) in [5, 5.41) is 11.0. The van der Waals surface area contributed by atoms with E-state index >= 15 is 0 Å². The molecular formula is C18H26O. The molecule has 0 bridgehead atoms. The molecule has 2 aliphatic carbocycles. The summed E-state index contributed by atoms with van der Waals surface area (Å²) < 4.78 is 0. The number of benzene rings is 1. The predicted octanol–water partition coefficient (Wildman–Crippen LogP) is 4.64. The Bertz CT molecular complexity index is 433. The molecule has 1 heteroatoms. The largest absolute Gasteiger partial charge is 0.388 e. The highest BCUT2D eigenvalue weighted by Crippen LogP contribution is 2.56.